The number of hydrogen-bond acceptors (Lipinski definition) is 4. The molecule has 0 unspecified atom stereocenters. The highest BCUT2D eigenvalue weighted by Gasteiger charge is 2.08. The number of aliphatic hydroxyl groups is 1. The molecule has 104 valence electrons. The number of aliphatic hydroxyl groups excluding tert-OH is 1. The first-order chi connectivity index (χ1) is 9.19. The number of ketones is 1. The van der Waals surface area contributed by atoms with Crippen molar-refractivity contribution in [2.24, 2.45) is 0 Å². The SMILES string of the molecule is C=CCN(CCO)CCOc1ccccc1C(C)=O. The Kier molecular flexibility index (Phi) is 6.85. The van der Waals surface area contributed by atoms with Gasteiger partial charge in [0.1, 0.15) is 12.4 Å². The number of hydrogen-bond donors (Lipinski definition) is 1. The highest BCUT2D eigenvalue weighted by molar-refractivity contribution is 5.96. The maximum Gasteiger partial charge on any atom is 0.163 e. The molecule has 0 radical (unpaired) electrons. The van der Waals surface area contributed by atoms with E-state index >= 15 is 0 Å². The maximum atomic E-state index is 11.4. The Morgan fingerprint density at radius 3 is 2.79 bits per heavy atom. The summed E-state index contributed by atoms with van der Waals surface area (Å²) in [5.74, 6) is 0.603. The monoisotopic (exact) mass is 263 g/mol. The predicted molar refractivity (Wildman–Crippen MR) is 75.7 cm³/mol. The van der Waals surface area contributed by atoms with Crippen molar-refractivity contribution in [3.63, 3.8) is 0 Å². The van der Waals surface area contributed by atoms with Crippen molar-refractivity contribution in [2.75, 3.05) is 32.8 Å². The van der Waals surface area contributed by atoms with E-state index in [9.17, 15) is 4.79 Å². The number of carbonyl (C=O) groups is 1. The van der Waals surface area contributed by atoms with Crippen molar-refractivity contribution in [1.29, 1.82) is 0 Å². The molecule has 0 spiro atoms. The number of nitrogens with zero attached hydrogens (tertiary/aromatic N) is 1. The molecule has 1 rings (SSSR count). The van der Waals surface area contributed by atoms with Gasteiger partial charge in [-0.2, -0.15) is 0 Å². The largest absolute Gasteiger partial charge is 0.491 e. The van der Waals surface area contributed by atoms with E-state index < -0.39 is 0 Å². The molecule has 4 heteroatoms. The van der Waals surface area contributed by atoms with Crippen LogP contribution in [0.2, 0.25) is 0 Å². The third-order valence-electron chi connectivity index (χ3n) is 2.73. The van der Waals surface area contributed by atoms with Gasteiger partial charge in [0.2, 0.25) is 0 Å². The topological polar surface area (TPSA) is 49.8 Å². The van der Waals surface area contributed by atoms with Gasteiger partial charge in [-0.3, -0.25) is 9.69 Å². The zero-order valence-electron chi connectivity index (χ0n) is 11.3. The molecule has 19 heavy (non-hydrogen) atoms. The van der Waals surface area contributed by atoms with Crippen LogP contribution in [-0.4, -0.2) is 48.6 Å². The van der Waals surface area contributed by atoms with Gasteiger partial charge in [-0.15, -0.1) is 6.58 Å². The lowest BCUT2D eigenvalue weighted by Crippen LogP contribution is -2.31. The van der Waals surface area contributed by atoms with Crippen LogP contribution >= 0.6 is 0 Å². The van der Waals surface area contributed by atoms with Gasteiger partial charge in [0.05, 0.1) is 12.2 Å². The standard InChI is InChI=1S/C15H21NO3/c1-3-8-16(9-11-17)10-12-19-15-7-5-4-6-14(15)13(2)18/h3-7,17H,1,8-12H2,2H3. The Bertz CT molecular complexity index is 418. The van der Waals surface area contributed by atoms with Crippen LogP contribution in [-0.2, 0) is 0 Å². The van der Waals surface area contributed by atoms with Crippen molar-refractivity contribution in [2.45, 2.75) is 6.92 Å². The second-order valence-corrected chi connectivity index (χ2v) is 4.21. The average molecular weight is 263 g/mol. The Balaban J connectivity index is 2.52. The normalized spacial score (nSPS) is 10.5. The first-order valence-corrected chi connectivity index (χ1v) is 6.36. The van der Waals surface area contributed by atoms with E-state index in [-0.39, 0.29) is 12.4 Å². The first-order valence-electron chi connectivity index (χ1n) is 6.36. The van der Waals surface area contributed by atoms with E-state index in [1.165, 1.54) is 6.92 Å². The molecule has 1 N–H and O–H groups in total. The number of rotatable bonds is 9. The highest BCUT2D eigenvalue weighted by Crippen LogP contribution is 2.18. The summed E-state index contributed by atoms with van der Waals surface area (Å²) >= 11 is 0. The molecule has 0 saturated heterocycles. The zero-order chi connectivity index (χ0) is 14.1. The molecular formula is C15H21NO3. The second kappa shape index (κ2) is 8.45. The summed E-state index contributed by atoms with van der Waals surface area (Å²) in [6.07, 6.45) is 1.79. The van der Waals surface area contributed by atoms with Gasteiger partial charge in [-0.25, -0.2) is 0 Å². The molecule has 0 amide bonds. The zero-order valence-corrected chi connectivity index (χ0v) is 11.3. The molecule has 1 aromatic rings. The van der Waals surface area contributed by atoms with Crippen molar-refractivity contribution in [1.82, 2.24) is 4.90 Å². The van der Waals surface area contributed by atoms with Crippen LogP contribution in [0.4, 0.5) is 0 Å². The molecule has 0 aromatic heterocycles. The van der Waals surface area contributed by atoms with E-state index in [2.05, 4.69) is 6.58 Å². The number of benzene rings is 1. The summed E-state index contributed by atoms with van der Waals surface area (Å²) in [6, 6.07) is 7.21. The second-order valence-electron chi connectivity index (χ2n) is 4.21. The van der Waals surface area contributed by atoms with E-state index in [0.29, 0.717) is 37.6 Å². The van der Waals surface area contributed by atoms with Crippen LogP contribution in [0.25, 0.3) is 0 Å². The molecule has 0 aliphatic heterocycles. The van der Waals surface area contributed by atoms with Gasteiger partial charge in [-0.1, -0.05) is 18.2 Å². The predicted octanol–water partition coefficient (Wildman–Crippen LogP) is 1.75. The van der Waals surface area contributed by atoms with E-state index in [1.807, 2.05) is 17.0 Å². The Hall–Kier alpha value is -1.65. The molecule has 0 aliphatic rings. The lowest BCUT2D eigenvalue weighted by Gasteiger charge is -2.19. The molecule has 0 saturated carbocycles. The molecule has 0 aliphatic carbocycles. The van der Waals surface area contributed by atoms with Gasteiger partial charge in [0.25, 0.3) is 0 Å². The third-order valence-corrected chi connectivity index (χ3v) is 2.73. The molecule has 0 fully saturated rings. The average Bonchev–Trinajstić information content (AvgIpc) is 2.39. The van der Waals surface area contributed by atoms with Gasteiger partial charge in [0, 0.05) is 19.6 Å². The number of ether oxygens (including phenoxy) is 1. The number of carbonyl (C=O) groups excluding carboxylic acids is 1. The van der Waals surface area contributed by atoms with E-state index in [4.69, 9.17) is 9.84 Å². The lowest BCUT2D eigenvalue weighted by molar-refractivity contribution is 0.101. The van der Waals surface area contributed by atoms with Crippen LogP contribution in [0.15, 0.2) is 36.9 Å². The third kappa shape index (κ3) is 5.24. The quantitative estimate of drug-likeness (QED) is 0.545. The Morgan fingerprint density at radius 2 is 2.16 bits per heavy atom. The number of para-hydroxylation sites is 1. The summed E-state index contributed by atoms with van der Waals surface area (Å²) in [7, 11) is 0. The minimum absolute atomic E-state index is 0.00564. The van der Waals surface area contributed by atoms with Crippen molar-refractivity contribution in [3.05, 3.63) is 42.5 Å². The Morgan fingerprint density at radius 1 is 1.42 bits per heavy atom. The molecule has 0 bridgehead atoms. The minimum Gasteiger partial charge on any atom is -0.491 e. The fourth-order valence-corrected chi connectivity index (χ4v) is 1.79. The van der Waals surface area contributed by atoms with Crippen molar-refractivity contribution < 1.29 is 14.6 Å². The van der Waals surface area contributed by atoms with Gasteiger partial charge in [0.15, 0.2) is 5.78 Å². The summed E-state index contributed by atoms with van der Waals surface area (Å²) < 4.78 is 5.64. The highest BCUT2D eigenvalue weighted by atomic mass is 16.5. The van der Waals surface area contributed by atoms with Crippen LogP contribution < -0.4 is 4.74 Å². The van der Waals surface area contributed by atoms with E-state index in [1.54, 1.807) is 18.2 Å². The summed E-state index contributed by atoms with van der Waals surface area (Å²) in [6.45, 7) is 7.76. The minimum atomic E-state index is -0.00564. The summed E-state index contributed by atoms with van der Waals surface area (Å²) in [4.78, 5) is 13.5. The summed E-state index contributed by atoms with van der Waals surface area (Å²) in [5, 5.41) is 8.94. The van der Waals surface area contributed by atoms with Crippen LogP contribution in [0.3, 0.4) is 0 Å². The smallest absolute Gasteiger partial charge is 0.163 e. The van der Waals surface area contributed by atoms with Gasteiger partial charge < -0.3 is 9.84 Å². The number of Topliss-reactive ketones (excluding diaryl/α,β-unsaturated/α-hetero) is 1. The maximum absolute atomic E-state index is 11.4. The molecule has 1 aromatic carbocycles. The Labute approximate surface area is 114 Å². The fraction of sp³-hybridized carbons (Fsp3) is 0.400. The molecule has 0 heterocycles. The van der Waals surface area contributed by atoms with Crippen molar-refractivity contribution >= 4 is 5.78 Å². The van der Waals surface area contributed by atoms with Crippen LogP contribution in [0, 0.1) is 0 Å². The first kappa shape index (κ1) is 15.4. The fourth-order valence-electron chi connectivity index (χ4n) is 1.79. The molecular weight excluding hydrogens is 242 g/mol. The lowest BCUT2D eigenvalue weighted by atomic mass is 10.1. The van der Waals surface area contributed by atoms with Crippen LogP contribution in [0.5, 0.6) is 5.75 Å². The van der Waals surface area contributed by atoms with Crippen LogP contribution in [0.1, 0.15) is 17.3 Å². The summed E-state index contributed by atoms with van der Waals surface area (Å²) in [5.41, 5.74) is 0.597. The van der Waals surface area contributed by atoms with Crippen molar-refractivity contribution in [3.8, 4) is 5.75 Å². The van der Waals surface area contributed by atoms with E-state index in [0.717, 1.165) is 0 Å². The van der Waals surface area contributed by atoms with Gasteiger partial charge >= 0.3 is 0 Å². The molecule has 4 nitrogen and oxygen atoms in total. The molecule has 0 atom stereocenters. The van der Waals surface area contributed by atoms with Gasteiger partial charge in [-0.05, 0) is 19.1 Å².